The molecule has 0 N–H and O–H groups in total. The van der Waals surface area contributed by atoms with Crippen molar-refractivity contribution in [3.8, 4) is 0 Å². The summed E-state index contributed by atoms with van der Waals surface area (Å²) >= 11 is 0. The molecule has 2 aliphatic heterocycles. The van der Waals surface area contributed by atoms with Crippen LogP contribution >= 0.6 is 0 Å². The van der Waals surface area contributed by atoms with E-state index in [9.17, 15) is 8.42 Å². The Kier molecular flexibility index (Phi) is 3.60. The molecule has 0 atom stereocenters. The molecule has 1 saturated heterocycles. The first-order chi connectivity index (χ1) is 9.48. The summed E-state index contributed by atoms with van der Waals surface area (Å²) < 4.78 is 25.7. The number of nitrogens with zero attached hydrogens (tertiary/aromatic N) is 2. The first-order valence-corrected chi connectivity index (χ1v) is 8.78. The van der Waals surface area contributed by atoms with Crippen molar-refractivity contribution in [1.82, 2.24) is 9.21 Å². The molecule has 0 bridgehead atoms. The van der Waals surface area contributed by atoms with Gasteiger partial charge in [0.2, 0.25) is 10.0 Å². The van der Waals surface area contributed by atoms with Crippen LogP contribution in [0, 0.1) is 0 Å². The lowest BCUT2D eigenvalue weighted by atomic mass is 9.97. The van der Waals surface area contributed by atoms with Crippen LogP contribution in [0.25, 0.3) is 0 Å². The van der Waals surface area contributed by atoms with Crippen molar-refractivity contribution in [2.45, 2.75) is 38.1 Å². The summed E-state index contributed by atoms with van der Waals surface area (Å²) in [7, 11) is -3.07. The zero-order chi connectivity index (χ0) is 14.3. The molecule has 2 heterocycles. The number of rotatable bonds is 3. The Morgan fingerprint density at radius 2 is 1.80 bits per heavy atom. The van der Waals surface area contributed by atoms with Crippen LogP contribution in [0.5, 0.6) is 0 Å². The van der Waals surface area contributed by atoms with E-state index in [-0.39, 0.29) is 5.25 Å². The van der Waals surface area contributed by atoms with Gasteiger partial charge in [0.1, 0.15) is 0 Å². The van der Waals surface area contributed by atoms with Crippen molar-refractivity contribution in [3.05, 3.63) is 35.4 Å². The molecule has 3 rings (SSSR count). The monoisotopic (exact) mass is 294 g/mol. The maximum atomic E-state index is 12.0. The molecule has 0 unspecified atom stereocenters. The van der Waals surface area contributed by atoms with Crippen LogP contribution in [0.4, 0.5) is 0 Å². The molecule has 5 heteroatoms. The van der Waals surface area contributed by atoms with Crippen LogP contribution in [-0.4, -0.2) is 48.5 Å². The van der Waals surface area contributed by atoms with E-state index in [1.54, 1.807) is 18.2 Å². The molecule has 4 nitrogen and oxygen atoms in total. The first kappa shape index (κ1) is 14.0. The van der Waals surface area contributed by atoms with Crippen molar-refractivity contribution in [2.24, 2.45) is 0 Å². The number of hydrogen-bond donors (Lipinski definition) is 0. The largest absolute Gasteiger partial charge is 0.293 e. The Labute approximate surface area is 121 Å². The normalized spacial score (nSPS) is 21.8. The van der Waals surface area contributed by atoms with Gasteiger partial charge in [-0.15, -0.1) is 0 Å². The Hall–Kier alpha value is -0.910. The fourth-order valence-corrected chi connectivity index (χ4v) is 4.34. The van der Waals surface area contributed by atoms with Gasteiger partial charge in [0.05, 0.1) is 5.25 Å². The second kappa shape index (κ2) is 5.13. The van der Waals surface area contributed by atoms with E-state index in [2.05, 4.69) is 29.2 Å². The van der Waals surface area contributed by atoms with Crippen molar-refractivity contribution in [2.75, 3.05) is 19.6 Å². The molecule has 1 aromatic carbocycles. The topological polar surface area (TPSA) is 40.6 Å². The Morgan fingerprint density at radius 3 is 2.45 bits per heavy atom. The highest BCUT2D eigenvalue weighted by molar-refractivity contribution is 7.89. The average molecular weight is 294 g/mol. The molecule has 0 aromatic heterocycles. The van der Waals surface area contributed by atoms with Gasteiger partial charge in [-0.3, -0.25) is 4.90 Å². The van der Waals surface area contributed by atoms with E-state index in [0.29, 0.717) is 19.1 Å². The SMILES string of the molecule is CC(C)S(=O)(=O)N1CC(N2CCc3ccccc3C2)C1. The maximum Gasteiger partial charge on any atom is 0.216 e. The molecule has 20 heavy (non-hydrogen) atoms. The smallest absolute Gasteiger partial charge is 0.216 e. The molecule has 110 valence electrons. The van der Waals surface area contributed by atoms with E-state index < -0.39 is 10.0 Å². The highest BCUT2D eigenvalue weighted by Crippen LogP contribution is 2.26. The molecule has 0 aliphatic carbocycles. The zero-order valence-electron chi connectivity index (χ0n) is 12.1. The molecule has 0 amide bonds. The number of benzene rings is 1. The first-order valence-electron chi connectivity index (χ1n) is 7.28. The fraction of sp³-hybridized carbons (Fsp3) is 0.600. The summed E-state index contributed by atoms with van der Waals surface area (Å²) in [5.74, 6) is 0. The average Bonchev–Trinajstić information content (AvgIpc) is 2.36. The van der Waals surface area contributed by atoms with Crippen LogP contribution < -0.4 is 0 Å². The van der Waals surface area contributed by atoms with Gasteiger partial charge in [0.15, 0.2) is 0 Å². The lowest BCUT2D eigenvalue weighted by molar-refractivity contribution is 0.0764. The minimum Gasteiger partial charge on any atom is -0.293 e. The second-order valence-electron chi connectivity index (χ2n) is 6.05. The summed E-state index contributed by atoms with van der Waals surface area (Å²) in [5, 5.41) is -0.314. The third-order valence-electron chi connectivity index (χ3n) is 4.46. The maximum absolute atomic E-state index is 12.0. The number of fused-ring (bicyclic) bond motifs is 1. The summed E-state index contributed by atoms with van der Waals surface area (Å²) in [6.07, 6.45) is 1.07. The van der Waals surface area contributed by atoms with Gasteiger partial charge in [-0.25, -0.2) is 8.42 Å². The van der Waals surface area contributed by atoms with Crippen molar-refractivity contribution in [1.29, 1.82) is 0 Å². The van der Waals surface area contributed by atoms with Gasteiger partial charge in [0, 0.05) is 32.2 Å². The zero-order valence-corrected chi connectivity index (χ0v) is 12.9. The van der Waals surface area contributed by atoms with E-state index in [0.717, 1.165) is 19.5 Å². The molecule has 1 aromatic rings. The van der Waals surface area contributed by atoms with Crippen LogP contribution in [0.2, 0.25) is 0 Å². The Bertz CT molecular complexity index is 592. The van der Waals surface area contributed by atoms with Crippen molar-refractivity contribution in [3.63, 3.8) is 0 Å². The number of hydrogen-bond acceptors (Lipinski definition) is 3. The van der Waals surface area contributed by atoms with Crippen LogP contribution in [0.3, 0.4) is 0 Å². The van der Waals surface area contributed by atoms with Gasteiger partial charge in [-0.2, -0.15) is 4.31 Å². The molecular weight excluding hydrogens is 272 g/mol. The lowest BCUT2D eigenvalue weighted by Crippen LogP contribution is -2.62. The summed E-state index contributed by atoms with van der Waals surface area (Å²) in [6.45, 7) is 6.80. The van der Waals surface area contributed by atoms with Crippen molar-refractivity contribution >= 4 is 10.0 Å². The molecule has 1 fully saturated rings. The lowest BCUT2D eigenvalue weighted by Gasteiger charge is -2.46. The van der Waals surface area contributed by atoms with E-state index in [1.807, 2.05) is 0 Å². The molecule has 0 radical (unpaired) electrons. The van der Waals surface area contributed by atoms with E-state index >= 15 is 0 Å². The van der Waals surface area contributed by atoms with Gasteiger partial charge in [-0.05, 0) is 31.4 Å². The third kappa shape index (κ3) is 2.38. The Balaban J connectivity index is 1.62. The van der Waals surface area contributed by atoms with Crippen LogP contribution in [0.1, 0.15) is 25.0 Å². The van der Waals surface area contributed by atoms with Gasteiger partial charge >= 0.3 is 0 Å². The molecule has 0 spiro atoms. The fourth-order valence-electron chi connectivity index (χ4n) is 2.98. The summed E-state index contributed by atoms with van der Waals surface area (Å²) in [5.41, 5.74) is 2.83. The summed E-state index contributed by atoms with van der Waals surface area (Å²) in [6, 6.07) is 8.94. The van der Waals surface area contributed by atoms with Gasteiger partial charge in [-0.1, -0.05) is 24.3 Å². The Morgan fingerprint density at radius 1 is 1.15 bits per heavy atom. The van der Waals surface area contributed by atoms with Crippen LogP contribution in [0.15, 0.2) is 24.3 Å². The van der Waals surface area contributed by atoms with Crippen LogP contribution in [-0.2, 0) is 23.0 Å². The molecule has 2 aliphatic rings. The van der Waals surface area contributed by atoms with E-state index in [1.165, 1.54) is 11.1 Å². The second-order valence-corrected chi connectivity index (χ2v) is 8.54. The minimum absolute atomic E-state index is 0.314. The third-order valence-corrected chi connectivity index (χ3v) is 6.67. The highest BCUT2D eigenvalue weighted by atomic mass is 32.2. The standard InChI is InChI=1S/C15H22N2O2S/c1-12(2)20(18,19)17-10-15(11-17)16-8-7-13-5-3-4-6-14(13)9-16/h3-6,12,15H,7-11H2,1-2H3. The molecular formula is C15H22N2O2S. The molecule has 0 saturated carbocycles. The number of sulfonamides is 1. The minimum atomic E-state index is -3.07. The quantitative estimate of drug-likeness (QED) is 0.847. The summed E-state index contributed by atoms with van der Waals surface area (Å²) in [4.78, 5) is 2.43. The predicted octanol–water partition coefficient (Wildman–Crippen LogP) is 1.47. The van der Waals surface area contributed by atoms with E-state index in [4.69, 9.17) is 0 Å². The highest BCUT2D eigenvalue weighted by Gasteiger charge is 2.40. The van der Waals surface area contributed by atoms with Crippen molar-refractivity contribution < 1.29 is 8.42 Å². The van der Waals surface area contributed by atoms with Gasteiger partial charge < -0.3 is 0 Å². The predicted molar refractivity (Wildman–Crippen MR) is 80.0 cm³/mol. The van der Waals surface area contributed by atoms with Gasteiger partial charge in [0.25, 0.3) is 0 Å².